The summed E-state index contributed by atoms with van der Waals surface area (Å²) in [6.07, 6.45) is 2.15. The smallest absolute Gasteiger partial charge is 0.251 e. The zero-order valence-corrected chi connectivity index (χ0v) is 18.4. The number of hydrogen-bond acceptors (Lipinski definition) is 6. The van der Waals surface area contributed by atoms with Gasteiger partial charge in [0.25, 0.3) is 5.91 Å². The normalized spacial score (nSPS) is 16.9. The van der Waals surface area contributed by atoms with Crippen LogP contribution < -0.4 is 15.2 Å². The number of benzene rings is 2. The van der Waals surface area contributed by atoms with Crippen LogP contribution >= 0.6 is 0 Å². The van der Waals surface area contributed by atoms with E-state index in [0.717, 1.165) is 18.4 Å². The van der Waals surface area contributed by atoms with Crippen LogP contribution in [0.5, 0.6) is 0 Å². The second kappa shape index (κ2) is 9.88. The van der Waals surface area contributed by atoms with Crippen molar-refractivity contribution in [2.75, 3.05) is 19.7 Å². The van der Waals surface area contributed by atoms with Gasteiger partial charge in [-0.2, -0.15) is 0 Å². The van der Waals surface area contributed by atoms with E-state index in [1.165, 1.54) is 36.4 Å². The van der Waals surface area contributed by atoms with Crippen molar-refractivity contribution in [3.8, 4) is 0 Å². The van der Waals surface area contributed by atoms with E-state index in [0.29, 0.717) is 25.1 Å². The molecule has 0 saturated carbocycles. The van der Waals surface area contributed by atoms with Crippen LogP contribution in [0.2, 0.25) is 0 Å². The molecule has 1 atom stereocenters. The number of nitrogens with one attached hydrogen (secondary N) is 2. The molecule has 2 aromatic carbocycles. The molecule has 9 nitrogen and oxygen atoms in total. The summed E-state index contributed by atoms with van der Waals surface area (Å²) in [5.74, 6) is -0.336. The molecular weight excluding hydrogens is 442 g/mol. The summed E-state index contributed by atoms with van der Waals surface area (Å²) in [6, 6.07) is 11.8. The molecule has 4 N–H and O–H groups in total. The topological polar surface area (TPSA) is 145 Å². The van der Waals surface area contributed by atoms with E-state index >= 15 is 0 Å². The third-order valence-electron chi connectivity index (χ3n) is 4.90. The predicted octanol–water partition coefficient (Wildman–Crippen LogP) is 0.764. The van der Waals surface area contributed by atoms with Gasteiger partial charge in [-0.1, -0.05) is 12.1 Å². The van der Waals surface area contributed by atoms with Crippen LogP contribution in [0.4, 0.5) is 0 Å². The predicted molar refractivity (Wildman–Crippen MR) is 114 cm³/mol. The number of hydrogen-bond donors (Lipinski definition) is 3. The highest BCUT2D eigenvalue weighted by atomic mass is 32.2. The van der Waals surface area contributed by atoms with Gasteiger partial charge in [0.1, 0.15) is 0 Å². The zero-order valence-electron chi connectivity index (χ0n) is 16.8. The van der Waals surface area contributed by atoms with Crippen LogP contribution in [0.1, 0.15) is 28.8 Å². The number of rotatable bonds is 9. The maximum absolute atomic E-state index is 12.4. The minimum absolute atomic E-state index is 0.0283. The first-order chi connectivity index (χ1) is 14.6. The molecule has 1 fully saturated rings. The highest BCUT2D eigenvalue weighted by molar-refractivity contribution is 7.89. The van der Waals surface area contributed by atoms with Crippen molar-refractivity contribution >= 4 is 26.0 Å². The van der Waals surface area contributed by atoms with Crippen molar-refractivity contribution in [1.82, 2.24) is 10.0 Å². The lowest BCUT2D eigenvalue weighted by Crippen LogP contribution is -2.32. The molecule has 31 heavy (non-hydrogen) atoms. The molecule has 1 saturated heterocycles. The lowest BCUT2D eigenvalue weighted by molar-refractivity contribution is 0.0954. The number of sulfonamides is 2. The third-order valence-corrected chi connectivity index (χ3v) is 7.27. The lowest BCUT2D eigenvalue weighted by atomic mass is 10.1. The fraction of sp³-hybridized carbons (Fsp3) is 0.350. The van der Waals surface area contributed by atoms with Crippen LogP contribution in [-0.4, -0.2) is 48.5 Å². The van der Waals surface area contributed by atoms with Gasteiger partial charge in [-0.3, -0.25) is 4.79 Å². The molecule has 3 rings (SSSR count). The SMILES string of the molecule is NS(=O)(=O)c1ccc(CCNC(=O)c2ccc(S(=O)(=O)NC[C@H]3CCCO3)cc2)cc1. The Labute approximate surface area is 182 Å². The Morgan fingerprint density at radius 1 is 1.00 bits per heavy atom. The van der Waals surface area contributed by atoms with Gasteiger partial charge in [0.05, 0.1) is 15.9 Å². The number of carbonyl (C=O) groups excluding carboxylic acids is 1. The minimum Gasteiger partial charge on any atom is -0.377 e. The van der Waals surface area contributed by atoms with Gasteiger partial charge in [-0.15, -0.1) is 0 Å². The van der Waals surface area contributed by atoms with Gasteiger partial charge in [-0.05, 0) is 61.2 Å². The Bertz CT molecular complexity index is 1110. The fourth-order valence-electron chi connectivity index (χ4n) is 3.15. The maximum atomic E-state index is 12.4. The summed E-state index contributed by atoms with van der Waals surface area (Å²) in [7, 11) is -7.41. The summed E-state index contributed by atoms with van der Waals surface area (Å²) < 4.78 is 55.2. The van der Waals surface area contributed by atoms with Gasteiger partial charge in [0.2, 0.25) is 20.0 Å². The first kappa shape index (κ1) is 23.4. The standard InChI is InChI=1S/C20H25N3O6S2/c21-30(25,26)18-7-3-15(4-8-18)11-12-22-20(24)16-5-9-19(10-6-16)31(27,28)23-14-17-2-1-13-29-17/h3-10,17,23H,1-2,11-14H2,(H,22,24)(H2,21,25,26)/t17-/m1/s1. The molecular formula is C20H25N3O6S2. The van der Waals surface area contributed by atoms with Crippen molar-refractivity contribution in [2.24, 2.45) is 5.14 Å². The van der Waals surface area contributed by atoms with Crippen LogP contribution in [0.15, 0.2) is 58.3 Å². The summed E-state index contributed by atoms with van der Waals surface area (Å²) >= 11 is 0. The number of nitrogens with two attached hydrogens (primary N) is 1. The molecule has 0 unspecified atom stereocenters. The van der Waals surface area contributed by atoms with Crippen molar-refractivity contribution in [1.29, 1.82) is 0 Å². The second-order valence-corrected chi connectivity index (χ2v) is 10.5. The van der Waals surface area contributed by atoms with E-state index in [2.05, 4.69) is 10.0 Å². The molecule has 0 bridgehead atoms. The van der Waals surface area contributed by atoms with E-state index in [-0.39, 0.29) is 28.3 Å². The largest absolute Gasteiger partial charge is 0.377 e. The zero-order chi connectivity index (χ0) is 22.5. The molecule has 168 valence electrons. The van der Waals surface area contributed by atoms with Gasteiger partial charge in [0, 0.05) is 25.3 Å². The van der Waals surface area contributed by atoms with Gasteiger partial charge < -0.3 is 10.1 Å². The number of amides is 1. The highest BCUT2D eigenvalue weighted by Gasteiger charge is 2.20. The first-order valence-electron chi connectivity index (χ1n) is 9.76. The van der Waals surface area contributed by atoms with Crippen molar-refractivity contribution in [3.05, 3.63) is 59.7 Å². The molecule has 1 aliphatic heterocycles. The number of ether oxygens (including phenoxy) is 1. The lowest BCUT2D eigenvalue weighted by Gasteiger charge is -2.12. The molecule has 0 radical (unpaired) electrons. The quantitative estimate of drug-likeness (QED) is 0.497. The average molecular weight is 468 g/mol. The van der Waals surface area contributed by atoms with E-state index in [1.807, 2.05) is 0 Å². The summed E-state index contributed by atoms with van der Waals surface area (Å²) in [5.41, 5.74) is 1.18. The Kier molecular flexibility index (Phi) is 7.44. The highest BCUT2D eigenvalue weighted by Crippen LogP contribution is 2.14. The second-order valence-electron chi connectivity index (χ2n) is 7.21. The van der Waals surface area contributed by atoms with Crippen molar-refractivity contribution in [2.45, 2.75) is 35.2 Å². The molecule has 1 heterocycles. The van der Waals surface area contributed by atoms with Crippen molar-refractivity contribution in [3.63, 3.8) is 0 Å². The molecule has 0 aromatic heterocycles. The molecule has 0 aliphatic carbocycles. The van der Waals surface area contributed by atoms with Crippen LogP contribution in [0, 0.1) is 0 Å². The van der Waals surface area contributed by atoms with E-state index in [4.69, 9.17) is 9.88 Å². The number of primary sulfonamides is 1. The monoisotopic (exact) mass is 467 g/mol. The fourth-order valence-corrected chi connectivity index (χ4v) is 4.73. The third kappa shape index (κ3) is 6.58. The Hall–Kier alpha value is -2.31. The Morgan fingerprint density at radius 2 is 1.65 bits per heavy atom. The van der Waals surface area contributed by atoms with Crippen LogP contribution in [0.25, 0.3) is 0 Å². The summed E-state index contributed by atoms with van der Waals surface area (Å²) in [6.45, 7) is 1.20. The van der Waals surface area contributed by atoms with Gasteiger partial charge in [0.15, 0.2) is 0 Å². The minimum atomic E-state index is -3.74. The van der Waals surface area contributed by atoms with Crippen LogP contribution in [-0.2, 0) is 31.2 Å². The Balaban J connectivity index is 1.50. The van der Waals surface area contributed by atoms with E-state index in [9.17, 15) is 21.6 Å². The molecule has 11 heteroatoms. The van der Waals surface area contributed by atoms with Gasteiger partial charge >= 0.3 is 0 Å². The summed E-state index contributed by atoms with van der Waals surface area (Å²) in [5, 5.41) is 7.81. The van der Waals surface area contributed by atoms with E-state index < -0.39 is 20.0 Å². The van der Waals surface area contributed by atoms with Crippen LogP contribution in [0.3, 0.4) is 0 Å². The average Bonchev–Trinajstić information content (AvgIpc) is 3.26. The summed E-state index contributed by atoms with van der Waals surface area (Å²) in [4.78, 5) is 12.4. The molecule has 1 aliphatic rings. The number of carbonyl (C=O) groups is 1. The molecule has 2 aromatic rings. The van der Waals surface area contributed by atoms with Gasteiger partial charge in [-0.25, -0.2) is 26.7 Å². The Morgan fingerprint density at radius 3 is 2.23 bits per heavy atom. The van der Waals surface area contributed by atoms with Crippen molar-refractivity contribution < 1.29 is 26.4 Å². The van der Waals surface area contributed by atoms with E-state index in [1.54, 1.807) is 12.1 Å². The maximum Gasteiger partial charge on any atom is 0.251 e. The molecule has 1 amide bonds. The first-order valence-corrected chi connectivity index (χ1v) is 12.8. The molecule has 0 spiro atoms.